The minimum Gasteiger partial charge on any atom is -0.376 e. The summed E-state index contributed by atoms with van der Waals surface area (Å²) in [6.45, 7) is 7.86. The number of hydrogen-bond donors (Lipinski definition) is 1. The van der Waals surface area contributed by atoms with Gasteiger partial charge in [-0.1, -0.05) is 0 Å². The van der Waals surface area contributed by atoms with Crippen LogP contribution in [0, 0.1) is 6.92 Å². The number of nitrogens with one attached hydrogen (secondary N) is 1. The van der Waals surface area contributed by atoms with Crippen LogP contribution >= 0.6 is 0 Å². The highest BCUT2D eigenvalue weighted by Crippen LogP contribution is 2.17. The van der Waals surface area contributed by atoms with E-state index in [4.69, 9.17) is 4.74 Å². The van der Waals surface area contributed by atoms with Gasteiger partial charge in [-0.25, -0.2) is 4.98 Å². The maximum absolute atomic E-state index is 5.64. The second kappa shape index (κ2) is 6.58. The summed E-state index contributed by atoms with van der Waals surface area (Å²) in [5, 5.41) is 3.40. The van der Waals surface area contributed by atoms with E-state index in [1.807, 2.05) is 13.0 Å². The first-order chi connectivity index (χ1) is 10.2. The van der Waals surface area contributed by atoms with E-state index in [9.17, 15) is 0 Å². The molecule has 0 spiro atoms. The average molecular weight is 291 g/mol. The third-order valence-electron chi connectivity index (χ3n) is 4.16. The van der Waals surface area contributed by atoms with Crippen molar-refractivity contribution >= 4 is 11.8 Å². The monoisotopic (exact) mass is 291 g/mol. The molecule has 21 heavy (non-hydrogen) atoms. The smallest absolute Gasteiger partial charge is 0.227 e. The molecule has 2 aliphatic rings. The van der Waals surface area contributed by atoms with Crippen LogP contribution in [0.2, 0.25) is 0 Å². The second-order valence-corrected chi connectivity index (χ2v) is 6.00. The van der Waals surface area contributed by atoms with Gasteiger partial charge in [-0.3, -0.25) is 0 Å². The first kappa shape index (κ1) is 14.5. The van der Waals surface area contributed by atoms with Crippen molar-refractivity contribution in [3.05, 3.63) is 11.8 Å². The molecule has 6 nitrogen and oxygen atoms in total. The molecule has 0 radical (unpaired) electrons. The molecule has 2 saturated heterocycles. The highest BCUT2D eigenvalue weighted by atomic mass is 16.5. The van der Waals surface area contributed by atoms with Gasteiger partial charge in [-0.2, -0.15) is 4.98 Å². The van der Waals surface area contributed by atoms with Gasteiger partial charge in [0.25, 0.3) is 0 Å². The van der Waals surface area contributed by atoms with E-state index in [1.54, 1.807) is 0 Å². The Morgan fingerprint density at radius 1 is 1.29 bits per heavy atom. The highest BCUT2D eigenvalue weighted by molar-refractivity contribution is 5.44. The molecule has 3 heterocycles. The summed E-state index contributed by atoms with van der Waals surface area (Å²) in [6, 6.07) is 2.01. The fourth-order valence-corrected chi connectivity index (χ4v) is 2.82. The van der Waals surface area contributed by atoms with Crippen molar-refractivity contribution in [1.82, 2.24) is 14.9 Å². The molecule has 0 aromatic carbocycles. The van der Waals surface area contributed by atoms with Crippen molar-refractivity contribution in [3.63, 3.8) is 0 Å². The Labute approximate surface area is 126 Å². The molecule has 1 aromatic heterocycles. The Hall–Kier alpha value is -1.40. The molecule has 116 valence electrons. The largest absolute Gasteiger partial charge is 0.376 e. The fraction of sp³-hybridized carbons (Fsp3) is 0.733. The summed E-state index contributed by atoms with van der Waals surface area (Å²) >= 11 is 0. The second-order valence-electron chi connectivity index (χ2n) is 6.00. The number of likely N-dealkylation sites (N-methyl/N-ethyl adjacent to an activating group) is 1. The quantitative estimate of drug-likeness (QED) is 0.897. The molecule has 1 aromatic rings. The van der Waals surface area contributed by atoms with Gasteiger partial charge in [-0.15, -0.1) is 0 Å². The van der Waals surface area contributed by atoms with Crippen molar-refractivity contribution in [2.24, 2.45) is 0 Å². The van der Waals surface area contributed by atoms with Crippen LogP contribution < -0.4 is 10.2 Å². The molecule has 2 fully saturated rings. The van der Waals surface area contributed by atoms with Crippen LogP contribution in [0.15, 0.2) is 6.07 Å². The molecule has 6 heteroatoms. The summed E-state index contributed by atoms with van der Waals surface area (Å²) in [4.78, 5) is 13.9. The number of nitrogens with zero attached hydrogens (tertiary/aromatic N) is 4. The first-order valence-corrected chi connectivity index (χ1v) is 7.85. The predicted octanol–water partition coefficient (Wildman–Crippen LogP) is 1.13. The van der Waals surface area contributed by atoms with Crippen LogP contribution in [-0.2, 0) is 4.74 Å². The number of piperazine rings is 1. The van der Waals surface area contributed by atoms with E-state index >= 15 is 0 Å². The van der Waals surface area contributed by atoms with Crippen molar-refractivity contribution in [2.75, 3.05) is 56.6 Å². The molecular weight excluding hydrogens is 266 g/mol. The van der Waals surface area contributed by atoms with E-state index in [0.29, 0.717) is 6.10 Å². The maximum atomic E-state index is 5.64. The van der Waals surface area contributed by atoms with E-state index in [0.717, 1.165) is 63.2 Å². The lowest BCUT2D eigenvalue weighted by atomic mass is 10.2. The lowest BCUT2D eigenvalue weighted by molar-refractivity contribution is 0.120. The predicted molar refractivity (Wildman–Crippen MR) is 83.9 cm³/mol. The molecule has 1 atom stereocenters. The van der Waals surface area contributed by atoms with Gasteiger partial charge in [0.1, 0.15) is 5.82 Å². The molecule has 0 bridgehead atoms. The number of anilines is 2. The van der Waals surface area contributed by atoms with E-state index in [2.05, 4.69) is 32.1 Å². The molecule has 0 amide bonds. The van der Waals surface area contributed by atoms with Crippen LogP contribution in [0.1, 0.15) is 18.5 Å². The van der Waals surface area contributed by atoms with Gasteiger partial charge in [0.15, 0.2) is 0 Å². The highest BCUT2D eigenvalue weighted by Gasteiger charge is 2.18. The number of ether oxygens (including phenoxy) is 1. The molecule has 1 unspecified atom stereocenters. The number of rotatable bonds is 4. The van der Waals surface area contributed by atoms with Crippen LogP contribution in [0.4, 0.5) is 11.8 Å². The third kappa shape index (κ3) is 3.83. The zero-order valence-corrected chi connectivity index (χ0v) is 13.0. The lowest BCUT2D eigenvalue weighted by Gasteiger charge is -2.32. The summed E-state index contributed by atoms with van der Waals surface area (Å²) < 4.78 is 5.64. The fourth-order valence-electron chi connectivity index (χ4n) is 2.82. The molecule has 0 aliphatic carbocycles. The Balaban J connectivity index is 1.64. The van der Waals surface area contributed by atoms with Gasteiger partial charge in [0, 0.05) is 51.1 Å². The Kier molecular flexibility index (Phi) is 4.55. The summed E-state index contributed by atoms with van der Waals surface area (Å²) in [7, 11) is 2.16. The number of hydrogen-bond acceptors (Lipinski definition) is 6. The van der Waals surface area contributed by atoms with Gasteiger partial charge in [0.05, 0.1) is 6.10 Å². The van der Waals surface area contributed by atoms with Crippen molar-refractivity contribution in [2.45, 2.75) is 25.9 Å². The average Bonchev–Trinajstić information content (AvgIpc) is 2.99. The van der Waals surface area contributed by atoms with E-state index in [1.165, 1.54) is 6.42 Å². The summed E-state index contributed by atoms with van der Waals surface area (Å²) in [5.74, 6) is 1.75. The van der Waals surface area contributed by atoms with Crippen LogP contribution in [0.25, 0.3) is 0 Å². The third-order valence-corrected chi connectivity index (χ3v) is 4.16. The Bertz CT molecular complexity index is 467. The molecular formula is C15H25N5O. The number of aryl methyl sites for hydroxylation is 1. The van der Waals surface area contributed by atoms with Crippen molar-refractivity contribution in [1.29, 1.82) is 0 Å². The Morgan fingerprint density at radius 2 is 2.10 bits per heavy atom. The van der Waals surface area contributed by atoms with Crippen LogP contribution in [0.3, 0.4) is 0 Å². The van der Waals surface area contributed by atoms with Gasteiger partial charge in [-0.05, 0) is 26.8 Å². The van der Waals surface area contributed by atoms with Gasteiger partial charge >= 0.3 is 0 Å². The van der Waals surface area contributed by atoms with Gasteiger partial charge in [0.2, 0.25) is 5.95 Å². The summed E-state index contributed by atoms with van der Waals surface area (Å²) in [5.41, 5.74) is 1.01. The maximum Gasteiger partial charge on any atom is 0.227 e. The molecule has 3 rings (SSSR count). The minimum atomic E-state index is 0.326. The van der Waals surface area contributed by atoms with Crippen LogP contribution in [0.5, 0.6) is 0 Å². The zero-order valence-electron chi connectivity index (χ0n) is 13.0. The first-order valence-electron chi connectivity index (χ1n) is 7.85. The van der Waals surface area contributed by atoms with Crippen molar-refractivity contribution < 1.29 is 4.74 Å². The van der Waals surface area contributed by atoms with E-state index < -0.39 is 0 Å². The minimum absolute atomic E-state index is 0.326. The SMILES string of the molecule is Cc1cc(NCC2CCCO2)nc(N2CCN(C)CC2)n1. The standard InChI is InChI=1S/C15H25N5O/c1-12-10-14(16-11-13-4-3-9-21-13)18-15(17-12)20-7-5-19(2)6-8-20/h10,13H,3-9,11H2,1-2H3,(H,16,17,18). The normalized spacial score (nSPS) is 23.5. The van der Waals surface area contributed by atoms with Crippen molar-refractivity contribution in [3.8, 4) is 0 Å². The number of aromatic nitrogens is 2. The lowest BCUT2D eigenvalue weighted by Crippen LogP contribution is -2.45. The Morgan fingerprint density at radius 3 is 2.81 bits per heavy atom. The molecule has 1 N–H and O–H groups in total. The molecule has 2 aliphatic heterocycles. The summed E-state index contributed by atoms with van der Waals surface area (Å²) in [6.07, 6.45) is 2.64. The molecule has 0 saturated carbocycles. The zero-order chi connectivity index (χ0) is 14.7. The van der Waals surface area contributed by atoms with Gasteiger partial charge < -0.3 is 19.9 Å². The topological polar surface area (TPSA) is 53.5 Å². The van der Waals surface area contributed by atoms with E-state index in [-0.39, 0.29) is 0 Å². The van der Waals surface area contributed by atoms with Crippen LogP contribution in [-0.4, -0.2) is 67.4 Å².